The third-order valence-electron chi connectivity index (χ3n) is 3.85. The number of methoxy groups -OCH3 is 1. The van der Waals surface area contributed by atoms with Gasteiger partial charge in [-0.05, 0) is 6.07 Å². The lowest BCUT2D eigenvalue weighted by Crippen LogP contribution is -2.31. The topological polar surface area (TPSA) is 154 Å². The number of ether oxygens (including phenoxy) is 1. The van der Waals surface area contributed by atoms with Gasteiger partial charge < -0.3 is 30.5 Å². The third kappa shape index (κ3) is 4.51. The van der Waals surface area contributed by atoms with Crippen molar-refractivity contribution >= 4 is 28.9 Å². The Balaban J connectivity index is 2.43. The van der Waals surface area contributed by atoms with Gasteiger partial charge in [0.1, 0.15) is 5.70 Å². The average Bonchev–Trinajstić information content (AvgIpc) is 2.96. The van der Waals surface area contributed by atoms with Gasteiger partial charge in [0.15, 0.2) is 0 Å². The summed E-state index contributed by atoms with van der Waals surface area (Å²) in [4.78, 5) is 36.3. The molecule has 11 heteroatoms. The molecular weight excluding hydrogens is 360 g/mol. The van der Waals surface area contributed by atoms with Crippen molar-refractivity contribution in [1.29, 1.82) is 0 Å². The summed E-state index contributed by atoms with van der Waals surface area (Å²) in [5, 5.41) is 34.8. The quantitative estimate of drug-likeness (QED) is 0.256. The number of β-amino-alcohol motifs (C(OH)–C–C–N with tert-alkyl or cyclic N) is 1. The molecule has 0 atom stereocenters. The molecule has 1 aliphatic heterocycles. The lowest BCUT2D eigenvalue weighted by atomic mass is 10.2. The highest BCUT2D eigenvalue weighted by Gasteiger charge is 2.34. The number of anilines is 2. The van der Waals surface area contributed by atoms with E-state index in [1.807, 2.05) is 0 Å². The SMILES string of the molecule is COC(=O)C1=C(Nc2cc([N+](=O)[O-])ccc2NCCO)C(=O)N(CCO)C1. The van der Waals surface area contributed by atoms with E-state index in [4.69, 9.17) is 14.9 Å². The maximum Gasteiger partial charge on any atom is 0.337 e. The molecule has 0 saturated heterocycles. The molecule has 1 amide bonds. The van der Waals surface area contributed by atoms with Gasteiger partial charge in [0, 0.05) is 25.2 Å². The van der Waals surface area contributed by atoms with Crippen molar-refractivity contribution in [3.63, 3.8) is 0 Å². The Labute approximate surface area is 154 Å². The lowest BCUT2D eigenvalue weighted by Gasteiger charge is -2.16. The minimum atomic E-state index is -0.721. The molecule has 146 valence electrons. The molecule has 2 rings (SSSR count). The van der Waals surface area contributed by atoms with Gasteiger partial charge in [0.2, 0.25) is 0 Å². The minimum absolute atomic E-state index is 0.0229. The van der Waals surface area contributed by atoms with Gasteiger partial charge in [0.25, 0.3) is 11.6 Å². The van der Waals surface area contributed by atoms with E-state index < -0.39 is 16.8 Å². The number of carbonyl (C=O) groups is 2. The zero-order valence-corrected chi connectivity index (χ0v) is 14.6. The Morgan fingerprint density at radius 2 is 2.07 bits per heavy atom. The summed E-state index contributed by atoms with van der Waals surface area (Å²) in [6.45, 7) is -0.304. The summed E-state index contributed by atoms with van der Waals surface area (Å²) in [6.07, 6.45) is 0. The number of nitro groups is 1. The number of aliphatic hydroxyl groups is 2. The molecular formula is C16H20N4O7. The van der Waals surface area contributed by atoms with E-state index in [-0.39, 0.29) is 55.5 Å². The normalized spacial score (nSPS) is 13.7. The van der Waals surface area contributed by atoms with Crippen LogP contribution < -0.4 is 10.6 Å². The maximum atomic E-state index is 12.6. The number of rotatable bonds is 9. The highest BCUT2D eigenvalue weighted by molar-refractivity contribution is 6.09. The summed E-state index contributed by atoms with van der Waals surface area (Å²) in [5.74, 6) is -1.26. The van der Waals surface area contributed by atoms with E-state index in [2.05, 4.69) is 10.6 Å². The molecule has 1 heterocycles. The first-order chi connectivity index (χ1) is 12.9. The lowest BCUT2D eigenvalue weighted by molar-refractivity contribution is -0.384. The van der Waals surface area contributed by atoms with E-state index in [0.717, 1.165) is 0 Å². The predicted octanol–water partition coefficient (Wildman–Crippen LogP) is -0.328. The van der Waals surface area contributed by atoms with Gasteiger partial charge >= 0.3 is 5.97 Å². The predicted molar refractivity (Wildman–Crippen MR) is 95.0 cm³/mol. The van der Waals surface area contributed by atoms with E-state index in [0.29, 0.717) is 5.69 Å². The molecule has 0 fully saturated rings. The van der Waals surface area contributed by atoms with Gasteiger partial charge in [-0.3, -0.25) is 14.9 Å². The standard InChI is InChI=1S/C16H20N4O7/c1-27-16(24)11-9-19(5-7-22)15(23)14(11)18-13-8-10(20(25)26)2-3-12(13)17-4-6-21/h2-3,8,17-18,21-22H,4-7,9H2,1H3. The first kappa shape index (κ1) is 20.1. The number of hydrogen-bond donors (Lipinski definition) is 4. The molecule has 0 unspecified atom stereocenters. The van der Waals surface area contributed by atoms with E-state index in [9.17, 15) is 19.7 Å². The number of aliphatic hydroxyl groups excluding tert-OH is 2. The molecule has 1 aliphatic rings. The molecule has 0 spiro atoms. The van der Waals surface area contributed by atoms with Crippen LogP contribution in [-0.2, 0) is 14.3 Å². The summed E-state index contributed by atoms with van der Waals surface area (Å²) < 4.78 is 4.70. The van der Waals surface area contributed by atoms with Gasteiger partial charge in [-0.25, -0.2) is 4.79 Å². The average molecular weight is 380 g/mol. The molecule has 1 aromatic rings. The fourth-order valence-corrected chi connectivity index (χ4v) is 2.58. The summed E-state index contributed by atoms with van der Waals surface area (Å²) >= 11 is 0. The van der Waals surface area contributed by atoms with Crippen LogP contribution in [0.15, 0.2) is 29.5 Å². The van der Waals surface area contributed by atoms with Crippen molar-refractivity contribution in [2.24, 2.45) is 0 Å². The molecule has 0 radical (unpaired) electrons. The molecule has 1 aromatic carbocycles. The molecule has 4 N–H and O–H groups in total. The Kier molecular flexibility index (Phi) is 6.68. The number of nitrogens with one attached hydrogen (secondary N) is 2. The van der Waals surface area contributed by atoms with Crippen molar-refractivity contribution in [2.75, 3.05) is 50.6 Å². The molecule has 0 aliphatic carbocycles. The van der Waals surface area contributed by atoms with Gasteiger partial charge in [-0.2, -0.15) is 0 Å². The zero-order chi connectivity index (χ0) is 20.0. The highest BCUT2D eigenvalue weighted by atomic mass is 16.6. The Morgan fingerprint density at radius 3 is 2.67 bits per heavy atom. The molecule has 0 saturated carbocycles. The van der Waals surface area contributed by atoms with Gasteiger partial charge in [-0.1, -0.05) is 0 Å². The monoisotopic (exact) mass is 380 g/mol. The summed E-state index contributed by atoms with van der Waals surface area (Å²) in [7, 11) is 1.17. The van der Waals surface area contributed by atoms with E-state index >= 15 is 0 Å². The van der Waals surface area contributed by atoms with Crippen LogP contribution in [0.2, 0.25) is 0 Å². The minimum Gasteiger partial charge on any atom is -0.466 e. The number of esters is 1. The Hall–Kier alpha value is -3.18. The van der Waals surface area contributed by atoms with E-state index in [1.54, 1.807) is 0 Å². The maximum absolute atomic E-state index is 12.6. The second-order valence-electron chi connectivity index (χ2n) is 5.56. The number of nitro benzene ring substituents is 1. The van der Waals surface area contributed by atoms with Crippen LogP contribution in [0.4, 0.5) is 17.1 Å². The van der Waals surface area contributed by atoms with E-state index in [1.165, 1.54) is 30.2 Å². The number of benzene rings is 1. The first-order valence-electron chi connectivity index (χ1n) is 8.04. The largest absolute Gasteiger partial charge is 0.466 e. The Morgan fingerprint density at radius 1 is 1.33 bits per heavy atom. The van der Waals surface area contributed by atoms with Crippen LogP contribution in [0.3, 0.4) is 0 Å². The number of hydrogen-bond acceptors (Lipinski definition) is 9. The molecule has 27 heavy (non-hydrogen) atoms. The second kappa shape index (κ2) is 8.96. The second-order valence-corrected chi connectivity index (χ2v) is 5.56. The fourth-order valence-electron chi connectivity index (χ4n) is 2.58. The number of carbonyl (C=O) groups excluding carboxylic acids is 2. The summed E-state index contributed by atoms with van der Waals surface area (Å²) in [5.41, 5.74) is 0.344. The highest BCUT2D eigenvalue weighted by Crippen LogP contribution is 2.30. The molecule has 0 aromatic heterocycles. The van der Waals surface area contributed by atoms with Crippen molar-refractivity contribution in [3.8, 4) is 0 Å². The number of amides is 1. The molecule has 0 bridgehead atoms. The van der Waals surface area contributed by atoms with Crippen LogP contribution in [-0.4, -0.2) is 71.9 Å². The van der Waals surface area contributed by atoms with Gasteiger partial charge in [-0.15, -0.1) is 0 Å². The van der Waals surface area contributed by atoms with Crippen molar-refractivity contribution in [1.82, 2.24) is 4.90 Å². The number of non-ortho nitro benzene ring substituents is 1. The van der Waals surface area contributed by atoms with Gasteiger partial charge in [0.05, 0.1) is 48.7 Å². The van der Waals surface area contributed by atoms with Crippen molar-refractivity contribution in [2.45, 2.75) is 0 Å². The third-order valence-corrected chi connectivity index (χ3v) is 3.85. The van der Waals surface area contributed by atoms with Crippen LogP contribution in [0.1, 0.15) is 0 Å². The molecule has 11 nitrogen and oxygen atoms in total. The first-order valence-corrected chi connectivity index (χ1v) is 8.04. The smallest absolute Gasteiger partial charge is 0.337 e. The summed E-state index contributed by atoms with van der Waals surface area (Å²) in [6, 6.07) is 3.91. The van der Waals surface area contributed by atoms with Crippen LogP contribution in [0, 0.1) is 10.1 Å². The fraction of sp³-hybridized carbons (Fsp3) is 0.375. The zero-order valence-electron chi connectivity index (χ0n) is 14.6. The Bertz CT molecular complexity index is 778. The van der Waals surface area contributed by atoms with Crippen LogP contribution >= 0.6 is 0 Å². The van der Waals surface area contributed by atoms with Crippen molar-refractivity contribution in [3.05, 3.63) is 39.6 Å². The van der Waals surface area contributed by atoms with Crippen LogP contribution in [0.25, 0.3) is 0 Å². The number of nitrogens with zero attached hydrogens (tertiary/aromatic N) is 2. The van der Waals surface area contributed by atoms with Crippen LogP contribution in [0.5, 0.6) is 0 Å². The van der Waals surface area contributed by atoms with Crippen molar-refractivity contribution < 1.29 is 29.5 Å².